The van der Waals surface area contributed by atoms with Crippen molar-refractivity contribution in [1.29, 1.82) is 0 Å². The van der Waals surface area contributed by atoms with Gasteiger partial charge in [-0.1, -0.05) is 176 Å². The van der Waals surface area contributed by atoms with Gasteiger partial charge >= 0.3 is 18.0 Å². The number of esters is 2. The molecular weight excluding hydrogens is 797 g/mol. The van der Waals surface area contributed by atoms with Gasteiger partial charge in [0.1, 0.15) is 18.3 Å². The topological polar surface area (TPSA) is 85.4 Å². The molecule has 1 amide bonds. The lowest BCUT2D eigenvalue weighted by Crippen LogP contribution is -2.37. The third-order valence-electron chi connectivity index (χ3n) is 13.0. The number of hydrogen-bond donors (Lipinski definition) is 0. The van der Waals surface area contributed by atoms with Crippen LogP contribution in [0.15, 0.2) is 0 Å². The summed E-state index contributed by atoms with van der Waals surface area (Å²) in [5, 5.41) is 0. The molecule has 0 N–H and O–H groups in total. The third kappa shape index (κ3) is 41.6. The predicted molar refractivity (Wildman–Crippen MR) is 273 cm³/mol. The lowest BCUT2D eigenvalue weighted by molar-refractivity contribution is -0.151. The molecule has 0 radical (unpaired) electrons. The number of hydrogen-bond acceptors (Lipinski definition) is 7. The van der Waals surface area contributed by atoms with Gasteiger partial charge in [-0.3, -0.25) is 9.59 Å². The van der Waals surface area contributed by atoms with Crippen molar-refractivity contribution in [3.05, 3.63) is 0 Å². The van der Waals surface area contributed by atoms with E-state index in [0.29, 0.717) is 12.8 Å². The highest BCUT2D eigenvalue weighted by Gasteiger charge is 2.21. The highest BCUT2D eigenvalue weighted by Crippen LogP contribution is 2.21. The van der Waals surface area contributed by atoms with Gasteiger partial charge in [-0.25, -0.2) is 4.79 Å². The number of ether oxygens (including phenoxy) is 3. The summed E-state index contributed by atoms with van der Waals surface area (Å²) in [6.45, 7) is 13.6. The molecule has 0 fully saturated rings. The summed E-state index contributed by atoms with van der Waals surface area (Å²) in [7, 11) is 4.17. The second kappa shape index (κ2) is 47.7. The molecule has 380 valence electrons. The molecule has 8 heteroatoms. The second-order valence-corrected chi connectivity index (χ2v) is 19.8. The molecular formula is C56H110N2O6. The molecule has 0 spiro atoms. The van der Waals surface area contributed by atoms with Crippen LogP contribution >= 0.6 is 0 Å². The molecule has 0 saturated carbocycles. The molecule has 0 unspecified atom stereocenters. The lowest BCUT2D eigenvalue weighted by atomic mass is 10.0. The van der Waals surface area contributed by atoms with E-state index in [-0.39, 0.29) is 36.3 Å². The summed E-state index contributed by atoms with van der Waals surface area (Å²) >= 11 is 0. The first kappa shape index (κ1) is 62.2. The average Bonchev–Trinajstić information content (AvgIpc) is 3.27. The highest BCUT2D eigenvalue weighted by atomic mass is 16.6. The quantitative estimate of drug-likeness (QED) is 0.0341. The second-order valence-electron chi connectivity index (χ2n) is 19.8. The lowest BCUT2D eigenvalue weighted by Gasteiger charge is -2.26. The number of nitrogens with zero attached hydrogens (tertiary/aromatic N) is 2. The molecule has 0 aromatic carbocycles. The fraction of sp³-hybridized carbons (Fsp3) is 0.946. The van der Waals surface area contributed by atoms with Gasteiger partial charge < -0.3 is 24.0 Å². The molecule has 0 bridgehead atoms. The van der Waals surface area contributed by atoms with Gasteiger partial charge in [0, 0.05) is 25.9 Å². The minimum Gasteiger partial charge on any atom is -0.462 e. The average molecular weight is 908 g/mol. The SMILES string of the molecule is CCCCCCC(CCCCCC)OC(=O)CCCCCCCCC(CCCCCCCCC(=O)OC(CCCCCC)CCCCCC)OC(=O)N(CCCCC)CCCN(C)C. The standard InChI is InChI=1S/C56H110N2O6/c1-8-13-18-30-40-51(41-31-19-14-9-2)62-54(59)46-36-28-24-22-26-34-44-53(64-56(61)58(49-38-17-12-5)50-39-48-57(6)7)45-35-27-23-25-29-37-47-55(60)63-52(42-32-20-15-10-3)43-33-21-16-11-4/h51-53H,8-50H2,1-7H3. The van der Waals surface area contributed by atoms with Crippen LogP contribution in [0.1, 0.15) is 291 Å². The zero-order valence-corrected chi connectivity index (χ0v) is 44.0. The van der Waals surface area contributed by atoms with E-state index in [1.807, 2.05) is 4.90 Å². The van der Waals surface area contributed by atoms with Crippen LogP contribution in [0, 0.1) is 0 Å². The van der Waals surface area contributed by atoms with Crippen LogP contribution in [-0.4, -0.2) is 79.9 Å². The van der Waals surface area contributed by atoms with Crippen LogP contribution < -0.4 is 0 Å². The van der Waals surface area contributed by atoms with E-state index < -0.39 is 0 Å². The van der Waals surface area contributed by atoms with Crippen molar-refractivity contribution in [3.63, 3.8) is 0 Å². The Labute approximate surface area is 398 Å². The minimum absolute atomic E-state index is 0.00362. The Balaban J connectivity index is 4.88. The van der Waals surface area contributed by atoms with Crippen LogP contribution in [0.25, 0.3) is 0 Å². The fourth-order valence-electron chi connectivity index (χ4n) is 8.81. The van der Waals surface area contributed by atoms with E-state index in [1.54, 1.807) is 0 Å². The van der Waals surface area contributed by atoms with Crippen molar-refractivity contribution < 1.29 is 28.6 Å². The van der Waals surface area contributed by atoms with Crippen molar-refractivity contribution in [2.75, 3.05) is 33.7 Å². The Morgan fingerprint density at radius 2 is 0.609 bits per heavy atom. The summed E-state index contributed by atoms with van der Waals surface area (Å²) in [6, 6.07) is 0. The molecule has 8 nitrogen and oxygen atoms in total. The summed E-state index contributed by atoms with van der Waals surface area (Å²) in [5.41, 5.74) is 0. The minimum atomic E-state index is -0.132. The van der Waals surface area contributed by atoms with E-state index >= 15 is 0 Å². The van der Waals surface area contributed by atoms with Crippen LogP contribution in [0.3, 0.4) is 0 Å². The number of carbonyl (C=O) groups excluding carboxylic acids is 3. The third-order valence-corrected chi connectivity index (χ3v) is 13.0. The van der Waals surface area contributed by atoms with E-state index in [1.165, 1.54) is 77.0 Å². The van der Waals surface area contributed by atoms with Crippen LogP contribution in [0.4, 0.5) is 4.79 Å². The zero-order valence-electron chi connectivity index (χ0n) is 44.0. The summed E-state index contributed by atoms with van der Waals surface area (Å²) in [5.74, 6) is -0.00724. The maximum absolute atomic E-state index is 13.6. The molecule has 64 heavy (non-hydrogen) atoms. The molecule has 0 heterocycles. The first-order valence-electron chi connectivity index (χ1n) is 28.2. The maximum Gasteiger partial charge on any atom is 0.410 e. The summed E-state index contributed by atoms with van der Waals surface area (Å²) in [4.78, 5) is 43.3. The van der Waals surface area contributed by atoms with Crippen molar-refractivity contribution in [2.24, 2.45) is 0 Å². The molecule has 0 aliphatic heterocycles. The van der Waals surface area contributed by atoms with E-state index in [9.17, 15) is 14.4 Å². The van der Waals surface area contributed by atoms with Crippen LogP contribution in [-0.2, 0) is 23.8 Å². The molecule has 0 aromatic rings. The maximum atomic E-state index is 13.6. The number of amides is 1. The Bertz CT molecular complexity index is 941. The Hall–Kier alpha value is -1.83. The smallest absolute Gasteiger partial charge is 0.410 e. The van der Waals surface area contributed by atoms with Gasteiger partial charge in [0.05, 0.1) is 0 Å². The van der Waals surface area contributed by atoms with Gasteiger partial charge in [-0.15, -0.1) is 0 Å². The molecule has 0 atom stereocenters. The van der Waals surface area contributed by atoms with Gasteiger partial charge in [0.25, 0.3) is 0 Å². The highest BCUT2D eigenvalue weighted by molar-refractivity contribution is 5.70. The number of carbonyl (C=O) groups is 3. The Morgan fingerprint density at radius 1 is 0.328 bits per heavy atom. The first-order chi connectivity index (χ1) is 31.2. The Kier molecular flexibility index (Phi) is 46.3. The predicted octanol–water partition coefficient (Wildman–Crippen LogP) is 16.9. The summed E-state index contributed by atoms with van der Waals surface area (Å²) < 4.78 is 18.3. The monoisotopic (exact) mass is 907 g/mol. The summed E-state index contributed by atoms with van der Waals surface area (Å²) in [6.07, 6.45) is 43.6. The van der Waals surface area contributed by atoms with Gasteiger partial charge in [-0.05, 0) is 123 Å². The fourth-order valence-corrected chi connectivity index (χ4v) is 8.81. The van der Waals surface area contributed by atoms with Gasteiger partial charge in [0.2, 0.25) is 0 Å². The van der Waals surface area contributed by atoms with Crippen molar-refractivity contribution in [1.82, 2.24) is 9.80 Å². The largest absolute Gasteiger partial charge is 0.462 e. The van der Waals surface area contributed by atoms with Crippen LogP contribution in [0.5, 0.6) is 0 Å². The molecule has 0 aliphatic carbocycles. The van der Waals surface area contributed by atoms with Crippen LogP contribution in [0.2, 0.25) is 0 Å². The van der Waals surface area contributed by atoms with Gasteiger partial charge in [0.15, 0.2) is 0 Å². The van der Waals surface area contributed by atoms with E-state index in [2.05, 4.69) is 53.6 Å². The Morgan fingerprint density at radius 3 is 0.953 bits per heavy atom. The van der Waals surface area contributed by atoms with Gasteiger partial charge in [-0.2, -0.15) is 0 Å². The molecule has 0 saturated heterocycles. The molecule has 0 aliphatic rings. The normalized spacial score (nSPS) is 11.7. The molecule has 0 rings (SSSR count). The first-order valence-corrected chi connectivity index (χ1v) is 28.2. The zero-order chi connectivity index (χ0) is 47.1. The van der Waals surface area contributed by atoms with E-state index in [0.717, 1.165) is 187 Å². The van der Waals surface area contributed by atoms with E-state index in [4.69, 9.17) is 14.2 Å². The number of unbranched alkanes of at least 4 members (excludes halogenated alkanes) is 24. The van der Waals surface area contributed by atoms with Crippen molar-refractivity contribution >= 4 is 18.0 Å². The molecule has 0 aromatic heterocycles. The number of rotatable bonds is 49. The van der Waals surface area contributed by atoms with Crippen molar-refractivity contribution in [3.8, 4) is 0 Å². The van der Waals surface area contributed by atoms with Crippen molar-refractivity contribution in [2.45, 2.75) is 310 Å².